The molecule has 1 aliphatic heterocycles. The van der Waals surface area contributed by atoms with Crippen molar-refractivity contribution in [2.24, 2.45) is 0 Å². The average molecular weight is 786 g/mol. The molecule has 14 nitrogen and oxygen atoms in total. The minimum Gasteiger partial charge on any atom is -0.358 e. The van der Waals surface area contributed by atoms with E-state index in [2.05, 4.69) is 55.4 Å². The molecule has 5 amide bonds. The van der Waals surface area contributed by atoms with E-state index in [-0.39, 0.29) is 42.5 Å². The molecule has 0 fully saturated rings. The molecule has 0 bridgehead atoms. The molecule has 6 rings (SSSR count). The van der Waals surface area contributed by atoms with E-state index in [1.165, 1.54) is 4.68 Å². The third-order valence-electron chi connectivity index (χ3n) is 10.3. The fourth-order valence-electron chi connectivity index (χ4n) is 7.09. The van der Waals surface area contributed by atoms with Crippen LogP contribution in [0.4, 0.5) is 21.9 Å². The number of fused-ring (bicyclic) bond motifs is 2. The summed E-state index contributed by atoms with van der Waals surface area (Å²) < 4.78 is 1.33. The first kappa shape index (κ1) is 41.1. The Morgan fingerprint density at radius 3 is 2.38 bits per heavy atom. The molecule has 58 heavy (non-hydrogen) atoms. The Morgan fingerprint density at radius 2 is 1.60 bits per heavy atom. The number of likely N-dealkylation sites (N-methyl/N-ethyl adjacent to an activating group) is 1. The van der Waals surface area contributed by atoms with Crippen molar-refractivity contribution in [1.29, 1.82) is 0 Å². The second kappa shape index (κ2) is 19.1. The Kier molecular flexibility index (Phi) is 13.5. The van der Waals surface area contributed by atoms with Gasteiger partial charge in [-0.15, -0.1) is 0 Å². The van der Waals surface area contributed by atoms with Gasteiger partial charge in [-0.3, -0.25) is 19.2 Å². The zero-order valence-corrected chi connectivity index (χ0v) is 33.5. The van der Waals surface area contributed by atoms with E-state index in [0.29, 0.717) is 83.0 Å². The van der Waals surface area contributed by atoms with Gasteiger partial charge >= 0.3 is 6.03 Å². The summed E-state index contributed by atoms with van der Waals surface area (Å²) in [5.74, 6) is -0.879. The number of benzene rings is 3. The number of aromatic nitrogens is 3. The van der Waals surface area contributed by atoms with Gasteiger partial charge in [0.15, 0.2) is 0 Å². The van der Waals surface area contributed by atoms with Crippen molar-refractivity contribution < 1.29 is 24.0 Å². The molecular weight excluding hydrogens is 735 g/mol. The van der Waals surface area contributed by atoms with Crippen LogP contribution in [0.2, 0.25) is 0 Å². The molecule has 14 heteroatoms. The molecule has 3 aromatic carbocycles. The van der Waals surface area contributed by atoms with E-state index in [0.717, 1.165) is 36.1 Å². The van der Waals surface area contributed by atoms with Gasteiger partial charge in [-0.2, -0.15) is 5.10 Å². The third kappa shape index (κ3) is 10.1. The quantitative estimate of drug-likeness (QED) is 0.0445. The van der Waals surface area contributed by atoms with Crippen molar-refractivity contribution in [2.75, 3.05) is 48.7 Å². The van der Waals surface area contributed by atoms with E-state index in [9.17, 15) is 24.0 Å². The maximum atomic E-state index is 13.2. The summed E-state index contributed by atoms with van der Waals surface area (Å²) >= 11 is 0. The Bertz CT molecular complexity index is 2340. The highest BCUT2D eigenvalue weighted by molar-refractivity contribution is 6.35. The first-order valence-corrected chi connectivity index (χ1v) is 19.8. The average Bonchev–Trinajstić information content (AvgIpc) is 3.86. The van der Waals surface area contributed by atoms with Crippen LogP contribution in [0.15, 0.2) is 72.9 Å². The van der Waals surface area contributed by atoms with Gasteiger partial charge in [-0.25, -0.2) is 9.48 Å². The van der Waals surface area contributed by atoms with Gasteiger partial charge in [0.25, 0.3) is 11.8 Å². The van der Waals surface area contributed by atoms with E-state index in [1.807, 2.05) is 44.2 Å². The lowest BCUT2D eigenvalue weighted by molar-refractivity contribution is -0.116. The van der Waals surface area contributed by atoms with Gasteiger partial charge in [0.05, 0.1) is 22.9 Å². The summed E-state index contributed by atoms with van der Waals surface area (Å²) in [6.07, 6.45) is 5.37. The van der Waals surface area contributed by atoms with Crippen LogP contribution in [0, 0.1) is 13.8 Å². The monoisotopic (exact) mass is 785 g/mol. The van der Waals surface area contributed by atoms with E-state index in [4.69, 9.17) is 0 Å². The molecule has 2 aromatic heterocycles. The predicted octanol–water partition coefficient (Wildman–Crippen LogP) is 6.75. The van der Waals surface area contributed by atoms with Gasteiger partial charge in [0.2, 0.25) is 11.8 Å². The number of carbonyl (C=O) groups is 5. The number of unbranched alkanes of at least 4 members (excludes halogenated alkanes) is 1. The number of nitrogens with zero attached hydrogens (tertiary/aromatic N) is 3. The van der Waals surface area contributed by atoms with Crippen LogP contribution in [0.1, 0.15) is 82.8 Å². The number of anilines is 3. The summed E-state index contributed by atoms with van der Waals surface area (Å²) in [4.78, 5) is 70.3. The molecular formula is C44H51N9O5. The van der Waals surface area contributed by atoms with Gasteiger partial charge in [0, 0.05) is 71.9 Å². The maximum absolute atomic E-state index is 13.2. The zero-order valence-electron chi connectivity index (χ0n) is 33.5. The van der Waals surface area contributed by atoms with Crippen molar-refractivity contribution in [3.8, 4) is 0 Å². The summed E-state index contributed by atoms with van der Waals surface area (Å²) in [7, 11) is 0. The Labute approximate surface area is 337 Å². The normalized spacial score (nSPS) is 12.8. The fraction of sp³-hybridized carbons (Fsp3) is 0.318. The lowest BCUT2D eigenvalue weighted by atomic mass is 10.0. The molecule has 0 radical (unpaired) electrons. The van der Waals surface area contributed by atoms with Crippen molar-refractivity contribution >= 4 is 69.3 Å². The molecule has 1 aliphatic rings. The zero-order chi connectivity index (χ0) is 41.2. The van der Waals surface area contributed by atoms with Gasteiger partial charge in [-0.05, 0) is 99.8 Å². The largest absolute Gasteiger partial charge is 0.358 e. The predicted molar refractivity (Wildman–Crippen MR) is 228 cm³/mol. The molecule has 0 saturated carbocycles. The number of amides is 5. The summed E-state index contributed by atoms with van der Waals surface area (Å²) in [5.41, 5.74) is 7.13. The van der Waals surface area contributed by atoms with Gasteiger partial charge in [0.1, 0.15) is 0 Å². The molecule has 0 saturated heterocycles. The smallest absolute Gasteiger partial charge is 0.319 e. The molecule has 0 aliphatic carbocycles. The van der Waals surface area contributed by atoms with Gasteiger partial charge < -0.3 is 36.5 Å². The topological polar surface area (TPSA) is 182 Å². The van der Waals surface area contributed by atoms with Crippen LogP contribution in [-0.2, 0) is 16.0 Å². The van der Waals surface area contributed by atoms with Crippen molar-refractivity contribution in [3.63, 3.8) is 0 Å². The number of H-pyrrole nitrogens is 1. The standard InChI is InChI=1S/C44H51N9O5/c1-5-52(6-2)23-22-45-43(57)41-28(3)37(48-29(41)4)26-35-34-24-32(18-19-36(34)51-42(35)56)49-39(54)14-10-11-15-40(55)53-38-25-33(17-16-31(38)27-47-53)50-44(58)46-21-20-30-12-8-7-9-13-30/h7-9,12-13,16-19,24-27,48H,5-6,10-11,14-15,20-23H2,1-4H3,(H,45,57)(H,49,54)(H,51,56)(H2,46,50,58)/b35-26-. The first-order chi connectivity index (χ1) is 28.0. The molecule has 6 N–H and O–H groups in total. The van der Waals surface area contributed by atoms with Crippen LogP contribution in [0.25, 0.3) is 22.6 Å². The summed E-state index contributed by atoms with van der Waals surface area (Å²) in [6.45, 7) is 11.5. The number of rotatable bonds is 17. The molecule has 5 aromatic rings. The summed E-state index contributed by atoms with van der Waals surface area (Å²) in [6, 6.07) is 20.1. The molecule has 3 heterocycles. The molecule has 0 unspecified atom stereocenters. The van der Waals surface area contributed by atoms with Gasteiger partial charge in [-0.1, -0.05) is 44.2 Å². The number of aromatic amines is 1. The minimum atomic E-state index is -0.340. The molecule has 302 valence electrons. The number of hydrogen-bond acceptors (Lipinski definition) is 7. The summed E-state index contributed by atoms with van der Waals surface area (Å²) in [5, 5.41) is 19.5. The number of nitrogens with one attached hydrogen (secondary N) is 6. The van der Waals surface area contributed by atoms with E-state index in [1.54, 1.807) is 48.7 Å². The number of carbonyl (C=O) groups excluding carboxylic acids is 5. The third-order valence-corrected chi connectivity index (χ3v) is 10.3. The number of hydrogen-bond donors (Lipinski definition) is 6. The van der Waals surface area contributed by atoms with Crippen LogP contribution < -0.4 is 26.6 Å². The van der Waals surface area contributed by atoms with Crippen molar-refractivity contribution in [1.82, 2.24) is 30.3 Å². The fourth-order valence-corrected chi connectivity index (χ4v) is 7.09. The highest BCUT2D eigenvalue weighted by Crippen LogP contribution is 2.36. The second-order valence-electron chi connectivity index (χ2n) is 14.3. The highest BCUT2D eigenvalue weighted by atomic mass is 16.2. The van der Waals surface area contributed by atoms with Crippen LogP contribution in [0.3, 0.4) is 0 Å². The number of urea groups is 1. The van der Waals surface area contributed by atoms with Crippen LogP contribution in [-0.4, -0.2) is 82.0 Å². The Balaban J connectivity index is 0.997. The second-order valence-corrected chi connectivity index (χ2v) is 14.3. The van der Waals surface area contributed by atoms with Crippen molar-refractivity contribution in [3.05, 3.63) is 107 Å². The van der Waals surface area contributed by atoms with E-state index >= 15 is 0 Å². The Morgan fingerprint density at radius 1 is 0.862 bits per heavy atom. The van der Waals surface area contributed by atoms with Crippen LogP contribution >= 0.6 is 0 Å². The van der Waals surface area contributed by atoms with Crippen molar-refractivity contribution in [2.45, 2.75) is 59.8 Å². The van der Waals surface area contributed by atoms with E-state index < -0.39 is 0 Å². The molecule has 0 spiro atoms. The minimum absolute atomic E-state index is 0.164. The SMILES string of the molecule is CCN(CC)CCNC(=O)c1c(C)[nH]c(/C=C2\C(=O)Nc3ccc(NC(=O)CCCCC(=O)n4ncc5ccc(NC(=O)NCCc6ccccc6)cc54)cc32)c1C. The molecule has 0 atom stereocenters. The highest BCUT2D eigenvalue weighted by Gasteiger charge is 2.26. The Hall–Kier alpha value is -6.54. The first-order valence-electron chi connectivity index (χ1n) is 19.8. The lowest BCUT2D eigenvalue weighted by Gasteiger charge is -2.18. The van der Waals surface area contributed by atoms with Crippen LogP contribution in [0.5, 0.6) is 0 Å². The lowest BCUT2D eigenvalue weighted by Crippen LogP contribution is -2.35. The number of aryl methyl sites for hydroxylation is 1. The maximum Gasteiger partial charge on any atom is 0.319 e.